The van der Waals surface area contributed by atoms with Crippen molar-refractivity contribution >= 4 is 17.8 Å². The Morgan fingerprint density at radius 2 is 1.78 bits per heavy atom. The molecule has 0 aromatic carbocycles. The maximum Gasteiger partial charge on any atom is 0.343 e. The molecule has 2 amide bonds. The fraction of sp³-hybridized carbons (Fsp3) is 0.812. The van der Waals surface area contributed by atoms with Crippen LogP contribution in [0.15, 0.2) is 0 Å². The molecule has 0 radical (unpaired) electrons. The summed E-state index contributed by atoms with van der Waals surface area (Å²) in [5, 5.41) is 8.82. The van der Waals surface area contributed by atoms with Crippen LogP contribution in [0.25, 0.3) is 0 Å². The first kappa shape index (κ1) is 19.4. The third-order valence-corrected chi connectivity index (χ3v) is 4.08. The normalized spacial score (nSPS) is 20.6. The molecule has 0 aromatic rings. The number of carbonyl (C=O) groups excluding carboxylic acids is 2. The van der Waals surface area contributed by atoms with Gasteiger partial charge < -0.3 is 14.9 Å². The minimum absolute atomic E-state index is 0.0355. The van der Waals surface area contributed by atoms with Crippen molar-refractivity contribution in [1.82, 2.24) is 9.80 Å². The van der Waals surface area contributed by atoms with Gasteiger partial charge in [0.05, 0.1) is 6.54 Å². The summed E-state index contributed by atoms with van der Waals surface area (Å²) in [7, 11) is 0. The number of rotatable bonds is 9. The first-order chi connectivity index (χ1) is 10.8. The second-order valence-electron chi connectivity index (χ2n) is 6.07. The van der Waals surface area contributed by atoms with E-state index in [0.29, 0.717) is 12.8 Å². The van der Waals surface area contributed by atoms with Crippen LogP contribution in [-0.2, 0) is 14.4 Å². The van der Waals surface area contributed by atoms with Gasteiger partial charge in [-0.05, 0) is 19.3 Å². The molecule has 1 atom stereocenters. The van der Waals surface area contributed by atoms with E-state index in [1.807, 2.05) is 13.8 Å². The van der Waals surface area contributed by atoms with Crippen LogP contribution in [0.5, 0.6) is 0 Å². The molecule has 6 nitrogen and oxygen atoms in total. The lowest BCUT2D eigenvalue weighted by Crippen LogP contribution is -2.39. The molecule has 23 heavy (non-hydrogen) atoms. The fourth-order valence-corrected chi connectivity index (χ4v) is 2.77. The fourth-order valence-electron chi connectivity index (χ4n) is 2.77. The van der Waals surface area contributed by atoms with Gasteiger partial charge in [0.2, 0.25) is 17.5 Å². The van der Waals surface area contributed by atoms with E-state index in [4.69, 9.17) is 5.11 Å². The Balaban J connectivity index is 2.37. The molecular formula is C16H27FN2O4. The van der Waals surface area contributed by atoms with Crippen molar-refractivity contribution in [2.24, 2.45) is 0 Å². The summed E-state index contributed by atoms with van der Waals surface area (Å²) in [6, 6.07) is 0. The second kappa shape index (κ2) is 8.84. The second-order valence-corrected chi connectivity index (χ2v) is 6.07. The maximum atomic E-state index is 13.9. The lowest BCUT2D eigenvalue weighted by atomic mass is 10.1. The van der Waals surface area contributed by atoms with Crippen LogP contribution in [-0.4, -0.2) is 64.5 Å². The number of hydrogen-bond donors (Lipinski definition) is 1. The number of halogens is 1. The zero-order chi connectivity index (χ0) is 17.5. The SMILES string of the molecule is CCCN(CCC)C(=O)CCCC(=O)N1CCC(F)(C(=O)O)C1. The lowest BCUT2D eigenvalue weighted by molar-refractivity contribution is -0.150. The monoisotopic (exact) mass is 330 g/mol. The van der Waals surface area contributed by atoms with Gasteiger partial charge in [-0.1, -0.05) is 13.8 Å². The summed E-state index contributed by atoms with van der Waals surface area (Å²) in [6.07, 6.45) is 2.46. The van der Waals surface area contributed by atoms with Crippen LogP contribution >= 0.6 is 0 Å². The van der Waals surface area contributed by atoms with Crippen molar-refractivity contribution in [2.45, 2.75) is 58.0 Å². The third-order valence-electron chi connectivity index (χ3n) is 4.08. The number of nitrogens with zero attached hydrogens (tertiary/aromatic N) is 2. The van der Waals surface area contributed by atoms with E-state index in [9.17, 15) is 18.8 Å². The molecule has 0 bridgehead atoms. The summed E-state index contributed by atoms with van der Waals surface area (Å²) < 4.78 is 13.9. The van der Waals surface area contributed by atoms with Gasteiger partial charge in [0.25, 0.3) is 0 Å². The molecule has 7 heteroatoms. The van der Waals surface area contributed by atoms with Crippen LogP contribution in [0, 0.1) is 0 Å². The van der Waals surface area contributed by atoms with E-state index in [0.717, 1.165) is 25.9 Å². The summed E-state index contributed by atoms with van der Waals surface area (Å²) in [4.78, 5) is 38.0. The van der Waals surface area contributed by atoms with Crippen LogP contribution < -0.4 is 0 Å². The van der Waals surface area contributed by atoms with Crippen LogP contribution in [0.2, 0.25) is 0 Å². The van der Waals surface area contributed by atoms with E-state index >= 15 is 0 Å². The zero-order valence-electron chi connectivity index (χ0n) is 14.0. The standard InChI is InChI=1S/C16H27FN2O4/c1-3-9-18(10-4-2)13(20)6-5-7-14(21)19-11-8-16(17,12-19)15(22)23/h3-12H2,1-2H3,(H,22,23). The van der Waals surface area contributed by atoms with Crippen LogP contribution in [0.1, 0.15) is 52.4 Å². The van der Waals surface area contributed by atoms with Gasteiger partial charge in [-0.15, -0.1) is 0 Å². The smallest absolute Gasteiger partial charge is 0.343 e. The lowest BCUT2D eigenvalue weighted by Gasteiger charge is -2.22. The van der Waals surface area contributed by atoms with E-state index in [1.165, 1.54) is 4.90 Å². The maximum absolute atomic E-state index is 13.9. The van der Waals surface area contributed by atoms with Gasteiger partial charge in [0.15, 0.2) is 0 Å². The molecule has 1 fully saturated rings. The number of amides is 2. The zero-order valence-corrected chi connectivity index (χ0v) is 14.0. The number of aliphatic carboxylic acids is 1. The molecule has 1 rings (SSSR count). The third kappa shape index (κ3) is 5.48. The predicted molar refractivity (Wildman–Crippen MR) is 83.7 cm³/mol. The van der Waals surface area contributed by atoms with Gasteiger partial charge >= 0.3 is 5.97 Å². The predicted octanol–water partition coefficient (Wildman–Crippen LogP) is 1.83. The van der Waals surface area contributed by atoms with Crippen molar-refractivity contribution in [2.75, 3.05) is 26.2 Å². The molecule has 0 aliphatic carbocycles. The highest BCUT2D eigenvalue weighted by Crippen LogP contribution is 2.26. The van der Waals surface area contributed by atoms with Crippen molar-refractivity contribution in [1.29, 1.82) is 0 Å². The average Bonchev–Trinajstić information content (AvgIpc) is 2.91. The Kier molecular flexibility index (Phi) is 7.45. The molecule has 1 unspecified atom stereocenters. The Hall–Kier alpha value is -1.66. The molecule has 1 saturated heterocycles. The largest absolute Gasteiger partial charge is 0.479 e. The molecule has 132 valence electrons. The van der Waals surface area contributed by atoms with Gasteiger partial charge in [-0.25, -0.2) is 9.18 Å². The molecule has 0 aromatic heterocycles. The minimum atomic E-state index is -2.33. The van der Waals surface area contributed by atoms with E-state index in [-0.39, 0.29) is 31.2 Å². The highest BCUT2D eigenvalue weighted by atomic mass is 19.1. The van der Waals surface area contributed by atoms with Gasteiger partial charge in [-0.3, -0.25) is 9.59 Å². The number of likely N-dealkylation sites (tertiary alicyclic amines) is 1. The highest BCUT2D eigenvalue weighted by Gasteiger charge is 2.46. The Labute approximate surface area is 136 Å². The summed E-state index contributed by atoms with van der Waals surface area (Å²) in [6.45, 7) is 5.18. The first-order valence-corrected chi connectivity index (χ1v) is 8.32. The van der Waals surface area contributed by atoms with Gasteiger partial charge in [-0.2, -0.15) is 0 Å². The first-order valence-electron chi connectivity index (χ1n) is 8.32. The van der Waals surface area contributed by atoms with Crippen LogP contribution in [0.3, 0.4) is 0 Å². The number of carbonyl (C=O) groups is 3. The number of alkyl halides is 1. The Morgan fingerprint density at radius 3 is 2.26 bits per heavy atom. The molecule has 1 aliphatic heterocycles. The van der Waals surface area contributed by atoms with Gasteiger partial charge in [0.1, 0.15) is 0 Å². The number of hydrogen-bond acceptors (Lipinski definition) is 3. The van der Waals surface area contributed by atoms with Crippen molar-refractivity contribution in [3.63, 3.8) is 0 Å². The topological polar surface area (TPSA) is 77.9 Å². The van der Waals surface area contributed by atoms with E-state index in [2.05, 4.69) is 0 Å². The van der Waals surface area contributed by atoms with E-state index < -0.39 is 18.2 Å². The molecule has 1 heterocycles. The highest BCUT2D eigenvalue weighted by molar-refractivity contribution is 5.82. The average molecular weight is 330 g/mol. The summed E-state index contributed by atoms with van der Waals surface area (Å²) in [5.74, 6) is -1.76. The molecular weight excluding hydrogens is 303 g/mol. The Morgan fingerprint density at radius 1 is 1.17 bits per heavy atom. The van der Waals surface area contributed by atoms with Crippen molar-refractivity contribution < 1.29 is 23.9 Å². The minimum Gasteiger partial charge on any atom is -0.479 e. The summed E-state index contributed by atoms with van der Waals surface area (Å²) >= 11 is 0. The van der Waals surface area contributed by atoms with Crippen LogP contribution in [0.4, 0.5) is 4.39 Å². The quantitative estimate of drug-likeness (QED) is 0.699. The van der Waals surface area contributed by atoms with Gasteiger partial charge in [0, 0.05) is 38.9 Å². The molecule has 0 saturated carbocycles. The summed E-state index contributed by atoms with van der Waals surface area (Å²) in [5.41, 5.74) is -2.33. The molecule has 1 N–H and O–H groups in total. The molecule has 1 aliphatic rings. The number of carboxylic acid groups (broad SMARTS) is 1. The van der Waals surface area contributed by atoms with E-state index in [1.54, 1.807) is 4.90 Å². The Bertz CT molecular complexity index is 438. The van der Waals surface area contributed by atoms with Crippen molar-refractivity contribution in [3.8, 4) is 0 Å². The molecule has 0 spiro atoms. The van der Waals surface area contributed by atoms with Crippen molar-refractivity contribution in [3.05, 3.63) is 0 Å². The number of carboxylic acids is 1.